The van der Waals surface area contributed by atoms with E-state index in [-0.39, 0.29) is 5.91 Å². The lowest BCUT2D eigenvalue weighted by atomic mass is 9.95. The van der Waals surface area contributed by atoms with Gasteiger partial charge in [-0.15, -0.1) is 11.8 Å². The van der Waals surface area contributed by atoms with E-state index in [2.05, 4.69) is 11.4 Å². The largest absolute Gasteiger partial charge is 0.381 e. The molecule has 1 aromatic rings. The van der Waals surface area contributed by atoms with Crippen LogP contribution in [0.5, 0.6) is 0 Å². The summed E-state index contributed by atoms with van der Waals surface area (Å²) in [7, 11) is 0. The van der Waals surface area contributed by atoms with Crippen LogP contribution in [0.2, 0.25) is 0 Å². The third-order valence-corrected chi connectivity index (χ3v) is 4.32. The highest BCUT2D eigenvalue weighted by molar-refractivity contribution is 8.00. The van der Waals surface area contributed by atoms with Crippen molar-refractivity contribution in [1.82, 2.24) is 0 Å². The Balaban J connectivity index is 1.99. The Morgan fingerprint density at radius 3 is 2.72 bits per heavy atom. The van der Waals surface area contributed by atoms with E-state index in [1.165, 1.54) is 43.9 Å². The number of benzene rings is 1. The summed E-state index contributed by atoms with van der Waals surface area (Å²) < 4.78 is 0. The second kappa shape index (κ2) is 6.69. The van der Waals surface area contributed by atoms with Gasteiger partial charge in [0.15, 0.2) is 0 Å². The van der Waals surface area contributed by atoms with Crippen LogP contribution in [0.4, 0.5) is 5.69 Å². The number of rotatable bonds is 5. The lowest BCUT2D eigenvalue weighted by Gasteiger charge is -2.25. The topological polar surface area (TPSA) is 55.1 Å². The molecule has 3 nitrogen and oxygen atoms in total. The fraction of sp³-hybridized carbons (Fsp3) is 0.500. The van der Waals surface area contributed by atoms with Crippen molar-refractivity contribution in [2.45, 2.75) is 43.0 Å². The Bertz CT molecular complexity index is 403. The third-order valence-electron chi connectivity index (χ3n) is 3.22. The van der Waals surface area contributed by atoms with Gasteiger partial charge in [0, 0.05) is 16.6 Å². The molecule has 1 aromatic carbocycles. The lowest BCUT2D eigenvalue weighted by Crippen LogP contribution is -2.22. The average molecular weight is 264 g/mol. The van der Waals surface area contributed by atoms with Gasteiger partial charge in [-0.1, -0.05) is 31.4 Å². The number of anilines is 1. The summed E-state index contributed by atoms with van der Waals surface area (Å²) in [6.07, 6.45) is 6.47. The Hall–Kier alpha value is -1.16. The highest BCUT2D eigenvalue weighted by Gasteiger charge is 2.14. The lowest BCUT2D eigenvalue weighted by molar-refractivity contribution is -0.115. The Morgan fingerprint density at radius 1 is 1.28 bits per heavy atom. The minimum absolute atomic E-state index is 0.271. The molecule has 0 aromatic heterocycles. The standard InChI is InChI=1S/C14H20N2OS/c15-14(17)10-18-13-9-5-4-8-12(13)16-11-6-2-1-3-7-11/h4-5,8-9,11,16H,1-3,6-7,10H2,(H2,15,17). The minimum Gasteiger partial charge on any atom is -0.381 e. The Kier molecular flexibility index (Phi) is 4.93. The van der Waals surface area contributed by atoms with Crippen LogP contribution < -0.4 is 11.1 Å². The van der Waals surface area contributed by atoms with Crippen LogP contribution in [0.1, 0.15) is 32.1 Å². The van der Waals surface area contributed by atoms with Gasteiger partial charge in [0.25, 0.3) is 0 Å². The van der Waals surface area contributed by atoms with Gasteiger partial charge in [0.2, 0.25) is 5.91 Å². The van der Waals surface area contributed by atoms with Crippen molar-refractivity contribution in [1.29, 1.82) is 0 Å². The molecular formula is C14H20N2OS. The molecule has 3 N–H and O–H groups in total. The van der Waals surface area contributed by atoms with E-state index in [1.54, 1.807) is 0 Å². The maximum absolute atomic E-state index is 10.9. The molecule has 1 amide bonds. The summed E-state index contributed by atoms with van der Waals surface area (Å²) in [4.78, 5) is 12.0. The van der Waals surface area contributed by atoms with Crippen LogP contribution in [-0.2, 0) is 4.79 Å². The number of primary amides is 1. The first-order valence-electron chi connectivity index (χ1n) is 6.52. The average Bonchev–Trinajstić information content (AvgIpc) is 2.39. The maximum atomic E-state index is 10.9. The fourth-order valence-corrected chi connectivity index (χ4v) is 3.08. The highest BCUT2D eigenvalue weighted by atomic mass is 32.2. The third kappa shape index (κ3) is 3.95. The van der Waals surface area contributed by atoms with E-state index in [0.717, 1.165) is 10.6 Å². The number of nitrogens with one attached hydrogen (secondary N) is 1. The molecule has 1 fully saturated rings. The molecular weight excluding hydrogens is 244 g/mol. The van der Waals surface area contributed by atoms with Crippen LogP contribution in [0.25, 0.3) is 0 Å². The SMILES string of the molecule is NC(=O)CSc1ccccc1NC1CCCCC1. The molecule has 98 valence electrons. The van der Waals surface area contributed by atoms with Crippen LogP contribution in [0.3, 0.4) is 0 Å². The summed E-state index contributed by atoms with van der Waals surface area (Å²) in [5.74, 6) is 0.0658. The first kappa shape index (κ1) is 13.3. The number of nitrogens with two attached hydrogens (primary N) is 1. The summed E-state index contributed by atoms with van der Waals surface area (Å²) in [6, 6.07) is 8.72. The molecule has 0 saturated heterocycles. The summed E-state index contributed by atoms with van der Waals surface area (Å²) in [6.45, 7) is 0. The number of thioether (sulfide) groups is 1. The number of hydrogen-bond acceptors (Lipinski definition) is 3. The van der Waals surface area contributed by atoms with Crippen molar-refractivity contribution in [3.05, 3.63) is 24.3 Å². The molecule has 4 heteroatoms. The van der Waals surface area contributed by atoms with E-state index in [4.69, 9.17) is 5.73 Å². The monoisotopic (exact) mass is 264 g/mol. The maximum Gasteiger partial charge on any atom is 0.227 e. The first-order chi connectivity index (χ1) is 8.75. The molecule has 1 aliphatic carbocycles. The molecule has 0 unspecified atom stereocenters. The number of hydrogen-bond donors (Lipinski definition) is 2. The van der Waals surface area contributed by atoms with Gasteiger partial charge in [-0.05, 0) is 25.0 Å². The Labute approximate surface area is 113 Å². The molecule has 0 spiro atoms. The molecule has 0 atom stereocenters. The molecule has 0 radical (unpaired) electrons. The summed E-state index contributed by atoms with van der Waals surface area (Å²) in [5, 5.41) is 3.60. The number of carbonyl (C=O) groups is 1. The van der Waals surface area contributed by atoms with Gasteiger partial charge in [0.05, 0.1) is 5.75 Å². The Morgan fingerprint density at radius 2 is 2.00 bits per heavy atom. The zero-order valence-electron chi connectivity index (χ0n) is 10.5. The van der Waals surface area contributed by atoms with Crippen LogP contribution >= 0.6 is 11.8 Å². The zero-order chi connectivity index (χ0) is 12.8. The van der Waals surface area contributed by atoms with Crippen molar-refractivity contribution in [3.63, 3.8) is 0 Å². The van der Waals surface area contributed by atoms with E-state index in [0.29, 0.717) is 11.8 Å². The molecule has 0 heterocycles. The predicted molar refractivity (Wildman–Crippen MR) is 76.9 cm³/mol. The zero-order valence-corrected chi connectivity index (χ0v) is 11.3. The first-order valence-corrected chi connectivity index (χ1v) is 7.51. The minimum atomic E-state index is -0.271. The molecule has 0 aliphatic heterocycles. The van der Waals surface area contributed by atoms with E-state index in [9.17, 15) is 4.79 Å². The second-order valence-corrected chi connectivity index (χ2v) is 5.75. The van der Waals surface area contributed by atoms with Crippen molar-refractivity contribution in [2.24, 2.45) is 5.73 Å². The number of carbonyl (C=O) groups excluding carboxylic acids is 1. The number of para-hydroxylation sites is 1. The molecule has 18 heavy (non-hydrogen) atoms. The summed E-state index contributed by atoms with van der Waals surface area (Å²) >= 11 is 1.51. The molecule has 1 saturated carbocycles. The smallest absolute Gasteiger partial charge is 0.227 e. The van der Waals surface area contributed by atoms with Gasteiger partial charge in [-0.2, -0.15) is 0 Å². The van der Waals surface area contributed by atoms with E-state index in [1.807, 2.05) is 18.2 Å². The van der Waals surface area contributed by atoms with Crippen molar-refractivity contribution in [3.8, 4) is 0 Å². The van der Waals surface area contributed by atoms with Crippen molar-refractivity contribution >= 4 is 23.4 Å². The quantitative estimate of drug-likeness (QED) is 0.804. The molecule has 0 bridgehead atoms. The fourth-order valence-electron chi connectivity index (χ4n) is 2.33. The van der Waals surface area contributed by atoms with Gasteiger partial charge in [-0.3, -0.25) is 4.79 Å². The van der Waals surface area contributed by atoms with Crippen molar-refractivity contribution in [2.75, 3.05) is 11.1 Å². The normalized spacial score (nSPS) is 16.4. The van der Waals surface area contributed by atoms with Crippen LogP contribution in [-0.4, -0.2) is 17.7 Å². The predicted octanol–water partition coefficient (Wildman–Crippen LogP) is 3.01. The van der Waals surface area contributed by atoms with E-state index >= 15 is 0 Å². The van der Waals surface area contributed by atoms with E-state index < -0.39 is 0 Å². The van der Waals surface area contributed by atoms with Crippen LogP contribution in [0.15, 0.2) is 29.2 Å². The van der Waals surface area contributed by atoms with Gasteiger partial charge in [0.1, 0.15) is 0 Å². The van der Waals surface area contributed by atoms with Gasteiger partial charge >= 0.3 is 0 Å². The summed E-state index contributed by atoms with van der Waals surface area (Å²) in [5.41, 5.74) is 6.33. The van der Waals surface area contributed by atoms with Crippen LogP contribution in [0, 0.1) is 0 Å². The molecule has 2 rings (SSSR count). The van der Waals surface area contributed by atoms with Gasteiger partial charge < -0.3 is 11.1 Å². The highest BCUT2D eigenvalue weighted by Crippen LogP contribution is 2.29. The number of amides is 1. The van der Waals surface area contributed by atoms with Crippen molar-refractivity contribution < 1.29 is 4.79 Å². The molecule has 1 aliphatic rings. The second-order valence-electron chi connectivity index (χ2n) is 4.73. The van der Waals surface area contributed by atoms with Gasteiger partial charge in [-0.25, -0.2) is 0 Å².